The number of hydrogen-bond donors (Lipinski definition) is 0. The smallest absolute Gasteiger partial charge is 0.338 e. The Bertz CT molecular complexity index is 1250. The lowest BCUT2D eigenvalue weighted by atomic mass is 9.72. The van der Waals surface area contributed by atoms with Crippen LogP contribution in [0.3, 0.4) is 0 Å². The summed E-state index contributed by atoms with van der Waals surface area (Å²) in [4.78, 5) is 24.5. The fourth-order valence-corrected chi connectivity index (χ4v) is 5.89. The van der Waals surface area contributed by atoms with Gasteiger partial charge in [-0.2, -0.15) is 0 Å². The normalized spacial score (nSPS) is 20.8. The molecule has 0 radical (unpaired) electrons. The van der Waals surface area contributed by atoms with Gasteiger partial charge < -0.3 is 4.74 Å². The summed E-state index contributed by atoms with van der Waals surface area (Å²) in [6.45, 7) is 21.5. The van der Waals surface area contributed by atoms with Crippen molar-refractivity contribution in [1.82, 2.24) is 0 Å². The highest BCUT2D eigenvalue weighted by Crippen LogP contribution is 2.41. The second kappa shape index (κ2) is 16.4. The standard InChI is InChI=1S/C40H54O3/c1-29(21-23-35-33(5)19-13-25-39(35,7)8)15-11-17-31(3)27-37(41)43-38(42)28-32(4)18-12-16-30(2)22-24-36-34(6)20-14-26-40(36,9)10/h11-12,15-18,21-24,27-28H,13-14,19-20,25-26H2,1-10H3/b17-11+,18-12+,23-21+,24-22+,29-15-,30-16-,31-27-,32-28-. The highest BCUT2D eigenvalue weighted by Gasteiger charge is 2.27. The third kappa shape index (κ3) is 12.4. The molecule has 2 rings (SSSR count). The number of ether oxygens (including phenoxy) is 1. The molecule has 3 nitrogen and oxygen atoms in total. The van der Waals surface area contributed by atoms with Crippen molar-refractivity contribution in [3.8, 4) is 0 Å². The van der Waals surface area contributed by atoms with Gasteiger partial charge in [0, 0.05) is 12.2 Å². The molecule has 3 heteroatoms. The summed E-state index contributed by atoms with van der Waals surface area (Å²) < 4.78 is 4.96. The fourth-order valence-electron chi connectivity index (χ4n) is 5.89. The Hall–Kier alpha value is -3.46. The maximum Gasteiger partial charge on any atom is 0.338 e. The lowest BCUT2D eigenvalue weighted by Gasteiger charge is -2.33. The second-order valence-corrected chi connectivity index (χ2v) is 13.6. The van der Waals surface area contributed by atoms with Gasteiger partial charge >= 0.3 is 11.9 Å². The van der Waals surface area contributed by atoms with Gasteiger partial charge in [-0.3, -0.25) is 0 Å². The Labute approximate surface area is 262 Å². The van der Waals surface area contributed by atoms with E-state index in [2.05, 4.69) is 79.7 Å². The average Bonchev–Trinajstić information content (AvgIpc) is 2.87. The Kier molecular flexibility index (Phi) is 13.6. The zero-order chi connectivity index (χ0) is 32.2. The molecule has 0 aromatic heterocycles. The SMILES string of the molecule is CC1=C(/C=C/C(C)=C\C=C\C(C)=C/C(=O)OC(=O)\C=C(C)/C=C/C=C(C)\C=C\C2=C(C)CCCC2(C)C)C(C)(C)CCC1. The molecule has 0 aromatic rings. The third-order valence-electron chi connectivity index (χ3n) is 8.44. The molecule has 0 saturated carbocycles. The van der Waals surface area contributed by atoms with E-state index in [-0.39, 0.29) is 10.8 Å². The van der Waals surface area contributed by atoms with Gasteiger partial charge in [0.25, 0.3) is 0 Å². The van der Waals surface area contributed by atoms with Crippen molar-refractivity contribution in [3.05, 3.63) is 117 Å². The number of esters is 2. The summed E-state index contributed by atoms with van der Waals surface area (Å²) in [5.74, 6) is -1.36. The molecule has 0 spiro atoms. The predicted molar refractivity (Wildman–Crippen MR) is 183 cm³/mol. The van der Waals surface area contributed by atoms with Crippen LogP contribution in [-0.4, -0.2) is 11.9 Å². The van der Waals surface area contributed by atoms with E-state index < -0.39 is 11.9 Å². The summed E-state index contributed by atoms with van der Waals surface area (Å²) >= 11 is 0. The van der Waals surface area contributed by atoms with E-state index in [1.165, 1.54) is 73.0 Å². The van der Waals surface area contributed by atoms with Crippen LogP contribution in [0.2, 0.25) is 0 Å². The largest absolute Gasteiger partial charge is 0.387 e. The predicted octanol–water partition coefficient (Wildman–Crippen LogP) is 11.1. The molecule has 0 heterocycles. The van der Waals surface area contributed by atoms with Gasteiger partial charge in [-0.25, -0.2) is 9.59 Å². The zero-order valence-corrected chi connectivity index (χ0v) is 28.4. The lowest BCUT2D eigenvalue weighted by molar-refractivity contribution is -0.152. The van der Waals surface area contributed by atoms with Crippen LogP contribution in [-0.2, 0) is 14.3 Å². The second-order valence-electron chi connectivity index (χ2n) is 13.6. The highest BCUT2D eigenvalue weighted by molar-refractivity contribution is 5.97. The highest BCUT2D eigenvalue weighted by atomic mass is 16.6. The van der Waals surface area contributed by atoms with Crippen molar-refractivity contribution in [3.63, 3.8) is 0 Å². The minimum absolute atomic E-state index is 0.215. The van der Waals surface area contributed by atoms with E-state index in [4.69, 9.17) is 4.74 Å². The molecular weight excluding hydrogens is 528 g/mol. The van der Waals surface area contributed by atoms with E-state index in [0.29, 0.717) is 11.1 Å². The van der Waals surface area contributed by atoms with Gasteiger partial charge in [-0.15, -0.1) is 0 Å². The van der Waals surface area contributed by atoms with Crippen LogP contribution >= 0.6 is 0 Å². The van der Waals surface area contributed by atoms with Crippen LogP contribution in [0, 0.1) is 10.8 Å². The van der Waals surface area contributed by atoms with Crippen molar-refractivity contribution in [2.24, 2.45) is 10.8 Å². The van der Waals surface area contributed by atoms with Crippen molar-refractivity contribution in [1.29, 1.82) is 0 Å². The molecule has 0 bridgehead atoms. The van der Waals surface area contributed by atoms with E-state index in [9.17, 15) is 9.59 Å². The molecule has 0 saturated heterocycles. The van der Waals surface area contributed by atoms with Crippen molar-refractivity contribution < 1.29 is 14.3 Å². The van der Waals surface area contributed by atoms with Gasteiger partial charge in [-0.05, 0) is 113 Å². The molecule has 2 aliphatic rings. The molecule has 0 unspecified atom stereocenters. The Balaban J connectivity index is 1.90. The minimum Gasteiger partial charge on any atom is -0.387 e. The molecule has 0 atom stereocenters. The molecule has 0 N–H and O–H groups in total. The first-order chi connectivity index (χ1) is 20.1. The quantitative estimate of drug-likeness (QED) is 0.111. The van der Waals surface area contributed by atoms with Gasteiger partial charge in [0.1, 0.15) is 0 Å². The molecule has 43 heavy (non-hydrogen) atoms. The maximum atomic E-state index is 12.2. The summed E-state index contributed by atoms with van der Waals surface area (Å²) in [6.07, 6.45) is 30.2. The number of hydrogen-bond acceptors (Lipinski definition) is 3. The zero-order valence-electron chi connectivity index (χ0n) is 28.4. The summed E-state index contributed by atoms with van der Waals surface area (Å²) in [7, 11) is 0. The molecule has 0 aromatic carbocycles. The molecule has 0 fully saturated rings. The van der Waals surface area contributed by atoms with Gasteiger partial charge in [0.05, 0.1) is 0 Å². The van der Waals surface area contributed by atoms with E-state index >= 15 is 0 Å². The first kappa shape index (κ1) is 35.7. The van der Waals surface area contributed by atoms with Crippen molar-refractivity contribution in [2.75, 3.05) is 0 Å². The summed E-state index contributed by atoms with van der Waals surface area (Å²) in [6, 6.07) is 0. The van der Waals surface area contributed by atoms with Crippen molar-refractivity contribution in [2.45, 2.75) is 108 Å². The van der Waals surface area contributed by atoms with Gasteiger partial charge in [0.15, 0.2) is 0 Å². The first-order valence-corrected chi connectivity index (χ1v) is 15.7. The number of allylic oxidation sites excluding steroid dienone is 18. The molecule has 0 amide bonds. The number of carbonyl (C=O) groups excluding carboxylic acids is 2. The Morgan fingerprint density at radius 2 is 0.977 bits per heavy atom. The molecular formula is C40H54O3. The average molecular weight is 583 g/mol. The minimum atomic E-state index is -0.682. The summed E-state index contributed by atoms with van der Waals surface area (Å²) in [5.41, 5.74) is 9.91. The van der Waals surface area contributed by atoms with Crippen LogP contribution in [0.4, 0.5) is 0 Å². The van der Waals surface area contributed by atoms with Crippen LogP contribution in [0.25, 0.3) is 0 Å². The Morgan fingerprint density at radius 3 is 1.33 bits per heavy atom. The van der Waals surface area contributed by atoms with Gasteiger partial charge in [-0.1, -0.05) is 111 Å². The topological polar surface area (TPSA) is 43.4 Å². The van der Waals surface area contributed by atoms with Crippen LogP contribution in [0.15, 0.2) is 117 Å². The van der Waals surface area contributed by atoms with E-state index in [1.807, 2.05) is 36.5 Å². The molecule has 232 valence electrons. The number of carbonyl (C=O) groups is 2. The van der Waals surface area contributed by atoms with E-state index in [1.54, 1.807) is 13.8 Å². The Morgan fingerprint density at radius 1 is 0.605 bits per heavy atom. The third-order valence-corrected chi connectivity index (χ3v) is 8.44. The first-order valence-electron chi connectivity index (χ1n) is 15.7. The fraction of sp³-hybridized carbons (Fsp3) is 0.450. The monoisotopic (exact) mass is 582 g/mol. The lowest BCUT2D eigenvalue weighted by Crippen LogP contribution is -2.19. The van der Waals surface area contributed by atoms with Gasteiger partial charge in [0.2, 0.25) is 0 Å². The summed E-state index contributed by atoms with van der Waals surface area (Å²) in [5, 5.41) is 0. The van der Waals surface area contributed by atoms with Crippen LogP contribution in [0.1, 0.15) is 108 Å². The van der Waals surface area contributed by atoms with E-state index in [0.717, 1.165) is 11.1 Å². The molecule has 0 aliphatic heterocycles. The van der Waals surface area contributed by atoms with Crippen molar-refractivity contribution >= 4 is 11.9 Å². The van der Waals surface area contributed by atoms with Crippen LogP contribution in [0.5, 0.6) is 0 Å². The molecule has 2 aliphatic carbocycles. The maximum absolute atomic E-state index is 12.2. The number of rotatable bonds is 10. The van der Waals surface area contributed by atoms with Crippen LogP contribution < -0.4 is 0 Å².